The molecule has 1 fully saturated rings. The van der Waals surface area contributed by atoms with Gasteiger partial charge in [0, 0.05) is 30.4 Å². The van der Waals surface area contributed by atoms with E-state index in [4.69, 9.17) is 4.74 Å². The molecular weight excluding hydrogens is 336 g/mol. The van der Waals surface area contributed by atoms with Crippen molar-refractivity contribution in [1.29, 1.82) is 0 Å². The summed E-state index contributed by atoms with van der Waals surface area (Å²) in [7, 11) is 0. The maximum absolute atomic E-state index is 12.9. The van der Waals surface area contributed by atoms with E-state index in [0.717, 1.165) is 24.4 Å². The minimum atomic E-state index is 0.0471. The number of likely N-dealkylation sites (tertiary alicyclic amines) is 1. The Morgan fingerprint density at radius 2 is 1.59 bits per heavy atom. The lowest BCUT2D eigenvalue weighted by atomic mass is 10.2. The number of hydrogen-bond acceptors (Lipinski definition) is 3. The minimum absolute atomic E-state index is 0.0471. The molecule has 4 rings (SSSR count). The zero-order chi connectivity index (χ0) is 18.5. The third-order valence-corrected chi connectivity index (χ3v) is 4.68. The molecule has 1 aliphatic heterocycles. The summed E-state index contributed by atoms with van der Waals surface area (Å²) in [6.45, 7) is 1.46. The predicted molar refractivity (Wildman–Crippen MR) is 107 cm³/mol. The van der Waals surface area contributed by atoms with Crippen LogP contribution in [-0.4, -0.2) is 29.9 Å². The summed E-state index contributed by atoms with van der Waals surface area (Å²) in [5, 5.41) is 3.50. The van der Waals surface area contributed by atoms with Crippen molar-refractivity contribution in [2.75, 3.05) is 18.4 Å². The highest BCUT2D eigenvalue weighted by molar-refractivity contribution is 5.94. The molecule has 3 aromatic rings. The number of carbonyl (C=O) groups excluding carboxylic acids is 1. The maximum Gasteiger partial charge on any atom is 0.254 e. The Bertz CT molecular complexity index is 897. The van der Waals surface area contributed by atoms with E-state index in [1.807, 2.05) is 77.7 Å². The predicted octanol–water partition coefficient (Wildman–Crippen LogP) is 4.81. The lowest BCUT2D eigenvalue weighted by molar-refractivity contribution is 0.0791. The van der Waals surface area contributed by atoms with E-state index < -0.39 is 0 Å². The highest BCUT2D eigenvalue weighted by atomic mass is 16.5. The second-order valence-electron chi connectivity index (χ2n) is 6.69. The van der Waals surface area contributed by atoms with Crippen LogP contribution in [-0.2, 0) is 0 Å². The number of amides is 1. The molecule has 3 aromatic carbocycles. The summed E-state index contributed by atoms with van der Waals surface area (Å²) in [6.07, 6.45) is 0.945. The summed E-state index contributed by atoms with van der Waals surface area (Å²) >= 11 is 0. The van der Waals surface area contributed by atoms with Crippen LogP contribution in [0.2, 0.25) is 0 Å². The summed E-state index contributed by atoms with van der Waals surface area (Å²) in [6, 6.07) is 27.4. The number of nitrogens with one attached hydrogen (secondary N) is 1. The van der Waals surface area contributed by atoms with Crippen LogP contribution in [0.1, 0.15) is 16.8 Å². The molecule has 136 valence electrons. The summed E-state index contributed by atoms with van der Waals surface area (Å²) < 4.78 is 5.85. The van der Waals surface area contributed by atoms with Crippen molar-refractivity contribution in [3.63, 3.8) is 0 Å². The molecule has 0 spiro atoms. The standard InChI is InChI=1S/C23H22N2O2/c26-23(25-15-14-20(17-25)24-19-9-3-1-4-10-19)18-8-7-13-22(16-18)27-21-11-5-2-6-12-21/h1-13,16,20,24H,14-15,17H2. The van der Waals surface area contributed by atoms with Gasteiger partial charge in [0.15, 0.2) is 0 Å². The van der Waals surface area contributed by atoms with Gasteiger partial charge in [-0.1, -0.05) is 42.5 Å². The summed E-state index contributed by atoms with van der Waals surface area (Å²) in [5.41, 5.74) is 1.75. The monoisotopic (exact) mass is 358 g/mol. The first-order valence-corrected chi connectivity index (χ1v) is 9.22. The number of para-hydroxylation sites is 2. The SMILES string of the molecule is O=C(c1cccc(Oc2ccccc2)c1)N1CCC(Nc2ccccc2)C1. The highest BCUT2D eigenvalue weighted by Crippen LogP contribution is 2.24. The second kappa shape index (κ2) is 7.96. The Morgan fingerprint density at radius 3 is 2.37 bits per heavy atom. The van der Waals surface area contributed by atoms with Crippen LogP contribution in [0, 0.1) is 0 Å². The van der Waals surface area contributed by atoms with E-state index in [2.05, 4.69) is 17.4 Å². The molecule has 4 heteroatoms. The minimum Gasteiger partial charge on any atom is -0.457 e. The van der Waals surface area contributed by atoms with Crippen LogP contribution in [0.15, 0.2) is 84.9 Å². The molecule has 1 unspecified atom stereocenters. The van der Waals surface area contributed by atoms with Crippen molar-refractivity contribution in [2.45, 2.75) is 12.5 Å². The fourth-order valence-corrected chi connectivity index (χ4v) is 3.33. The van der Waals surface area contributed by atoms with Crippen molar-refractivity contribution in [3.8, 4) is 11.5 Å². The van der Waals surface area contributed by atoms with Gasteiger partial charge >= 0.3 is 0 Å². The van der Waals surface area contributed by atoms with Gasteiger partial charge in [-0.05, 0) is 48.9 Å². The van der Waals surface area contributed by atoms with E-state index in [9.17, 15) is 4.79 Å². The maximum atomic E-state index is 12.9. The Hall–Kier alpha value is -3.27. The van der Waals surface area contributed by atoms with Gasteiger partial charge in [0.05, 0.1) is 0 Å². The van der Waals surface area contributed by atoms with Crippen molar-refractivity contribution in [2.24, 2.45) is 0 Å². The molecule has 0 bridgehead atoms. The van der Waals surface area contributed by atoms with Crippen molar-refractivity contribution >= 4 is 11.6 Å². The molecule has 0 radical (unpaired) electrons. The van der Waals surface area contributed by atoms with Gasteiger partial charge in [0.2, 0.25) is 0 Å². The second-order valence-corrected chi connectivity index (χ2v) is 6.69. The van der Waals surface area contributed by atoms with Gasteiger partial charge < -0.3 is 15.0 Å². The van der Waals surface area contributed by atoms with Crippen LogP contribution in [0.4, 0.5) is 5.69 Å². The number of ether oxygens (including phenoxy) is 1. The highest BCUT2D eigenvalue weighted by Gasteiger charge is 2.27. The number of nitrogens with zero attached hydrogens (tertiary/aromatic N) is 1. The topological polar surface area (TPSA) is 41.6 Å². The Labute approximate surface area is 159 Å². The average molecular weight is 358 g/mol. The third-order valence-electron chi connectivity index (χ3n) is 4.68. The zero-order valence-corrected chi connectivity index (χ0v) is 15.0. The van der Waals surface area contributed by atoms with Crippen molar-refractivity contribution < 1.29 is 9.53 Å². The van der Waals surface area contributed by atoms with Gasteiger partial charge in [0.25, 0.3) is 5.91 Å². The van der Waals surface area contributed by atoms with Gasteiger partial charge in [-0.25, -0.2) is 0 Å². The van der Waals surface area contributed by atoms with Crippen molar-refractivity contribution in [1.82, 2.24) is 4.90 Å². The van der Waals surface area contributed by atoms with Gasteiger partial charge in [-0.2, -0.15) is 0 Å². The third kappa shape index (κ3) is 4.29. The summed E-state index contributed by atoms with van der Waals surface area (Å²) in [4.78, 5) is 14.8. The number of hydrogen-bond donors (Lipinski definition) is 1. The smallest absolute Gasteiger partial charge is 0.254 e. The molecule has 0 aliphatic carbocycles. The largest absolute Gasteiger partial charge is 0.457 e. The number of anilines is 1. The molecule has 0 saturated carbocycles. The quantitative estimate of drug-likeness (QED) is 0.712. The molecule has 0 aromatic heterocycles. The van der Waals surface area contributed by atoms with Crippen molar-refractivity contribution in [3.05, 3.63) is 90.5 Å². The molecule has 1 N–H and O–H groups in total. The van der Waals surface area contributed by atoms with Crippen LogP contribution in [0.3, 0.4) is 0 Å². The van der Waals surface area contributed by atoms with Gasteiger partial charge in [-0.15, -0.1) is 0 Å². The average Bonchev–Trinajstić information content (AvgIpc) is 3.18. The zero-order valence-electron chi connectivity index (χ0n) is 15.0. The Balaban J connectivity index is 1.40. The Morgan fingerprint density at radius 1 is 0.889 bits per heavy atom. The van der Waals surface area contributed by atoms with Gasteiger partial charge in [0.1, 0.15) is 11.5 Å². The van der Waals surface area contributed by atoms with Crippen LogP contribution >= 0.6 is 0 Å². The lowest BCUT2D eigenvalue weighted by Gasteiger charge is -2.18. The summed E-state index contributed by atoms with van der Waals surface area (Å²) in [5.74, 6) is 1.48. The molecule has 27 heavy (non-hydrogen) atoms. The molecule has 1 heterocycles. The van der Waals surface area contributed by atoms with E-state index in [1.165, 1.54) is 0 Å². The van der Waals surface area contributed by atoms with Crippen LogP contribution in [0.5, 0.6) is 11.5 Å². The molecule has 4 nitrogen and oxygen atoms in total. The normalized spacial score (nSPS) is 16.1. The lowest BCUT2D eigenvalue weighted by Crippen LogP contribution is -2.31. The number of carbonyl (C=O) groups is 1. The fraction of sp³-hybridized carbons (Fsp3) is 0.174. The first-order valence-electron chi connectivity index (χ1n) is 9.22. The van der Waals surface area contributed by atoms with E-state index in [0.29, 0.717) is 17.9 Å². The fourth-order valence-electron chi connectivity index (χ4n) is 3.33. The molecule has 1 amide bonds. The first kappa shape index (κ1) is 17.2. The van der Waals surface area contributed by atoms with Crippen LogP contribution in [0.25, 0.3) is 0 Å². The van der Waals surface area contributed by atoms with E-state index in [-0.39, 0.29) is 11.9 Å². The Kier molecular flexibility index (Phi) is 5.06. The van der Waals surface area contributed by atoms with Crippen LogP contribution < -0.4 is 10.1 Å². The molecule has 1 atom stereocenters. The number of rotatable bonds is 5. The molecular formula is C23H22N2O2. The molecule has 1 saturated heterocycles. The van der Waals surface area contributed by atoms with E-state index >= 15 is 0 Å². The molecule has 1 aliphatic rings. The van der Waals surface area contributed by atoms with Gasteiger partial charge in [-0.3, -0.25) is 4.79 Å². The number of benzene rings is 3. The first-order chi connectivity index (χ1) is 13.3. The van der Waals surface area contributed by atoms with E-state index in [1.54, 1.807) is 0 Å².